The van der Waals surface area contributed by atoms with Gasteiger partial charge in [0.05, 0.1) is 25.1 Å². The lowest BCUT2D eigenvalue weighted by Gasteiger charge is -2.34. The van der Waals surface area contributed by atoms with Crippen LogP contribution in [-0.2, 0) is 19.5 Å². The number of hydrogen-bond acceptors (Lipinski definition) is 5. The number of aromatic nitrogens is 1. The van der Waals surface area contributed by atoms with Gasteiger partial charge in [0.15, 0.2) is 0 Å². The van der Waals surface area contributed by atoms with Crippen molar-refractivity contribution in [3.05, 3.63) is 24.0 Å². The van der Waals surface area contributed by atoms with E-state index in [-0.39, 0.29) is 17.8 Å². The van der Waals surface area contributed by atoms with E-state index in [0.717, 1.165) is 38.5 Å². The third-order valence-electron chi connectivity index (χ3n) is 6.11. The average molecular weight is 414 g/mol. The molecule has 1 aliphatic heterocycles. The van der Waals surface area contributed by atoms with Crippen molar-refractivity contribution >= 4 is 10.0 Å². The van der Waals surface area contributed by atoms with Gasteiger partial charge >= 0.3 is 0 Å². The van der Waals surface area contributed by atoms with Crippen molar-refractivity contribution in [2.45, 2.75) is 50.5 Å². The molecule has 1 atom stereocenters. The Morgan fingerprint density at radius 1 is 1.18 bits per heavy atom. The smallest absolute Gasteiger partial charge is 0.214 e. The molecule has 28 heavy (non-hydrogen) atoms. The molecule has 1 aliphatic carbocycles. The maximum Gasteiger partial charge on any atom is 0.214 e. The van der Waals surface area contributed by atoms with Crippen LogP contribution in [0.25, 0.3) is 0 Å². The summed E-state index contributed by atoms with van der Waals surface area (Å²) in [6.45, 7) is 2.17. The molecule has 1 unspecified atom stereocenters. The highest BCUT2D eigenvalue weighted by atomic mass is 32.2. The number of piperidine rings is 1. The Balaban J connectivity index is 1.49. The summed E-state index contributed by atoms with van der Waals surface area (Å²) in [4.78, 5) is 0. The summed E-state index contributed by atoms with van der Waals surface area (Å²) in [5.41, 5.74) is 4.48. The Labute approximate surface area is 169 Å². The SMILES string of the molecule is CNn1cccc1C1CCC(CS(=O)(=O)N2CCCC(OCCOC)C2)CC1. The van der Waals surface area contributed by atoms with Gasteiger partial charge in [-0.15, -0.1) is 0 Å². The lowest BCUT2D eigenvalue weighted by atomic mass is 9.81. The molecule has 1 aromatic heterocycles. The van der Waals surface area contributed by atoms with Crippen LogP contribution < -0.4 is 5.43 Å². The monoisotopic (exact) mass is 413 g/mol. The molecule has 2 aliphatic rings. The second kappa shape index (κ2) is 10.1. The standard InChI is InChI=1S/C20H35N3O4S/c1-21-23-12-4-6-20(23)18-9-7-17(8-10-18)16-28(24,25)22-11-3-5-19(15-22)27-14-13-26-2/h4,6,12,17-19,21H,3,5,7-11,13-16H2,1-2H3. The zero-order valence-corrected chi connectivity index (χ0v) is 18.0. The Morgan fingerprint density at radius 3 is 2.68 bits per heavy atom. The molecule has 3 rings (SSSR count). The number of nitrogens with zero attached hydrogens (tertiary/aromatic N) is 2. The van der Waals surface area contributed by atoms with Crippen LogP contribution in [0.2, 0.25) is 0 Å². The predicted molar refractivity (Wildman–Crippen MR) is 111 cm³/mol. The summed E-state index contributed by atoms with van der Waals surface area (Å²) in [5, 5.41) is 0. The topological polar surface area (TPSA) is 72.8 Å². The fourth-order valence-electron chi connectivity index (χ4n) is 4.55. The molecule has 160 valence electrons. The molecular weight excluding hydrogens is 378 g/mol. The average Bonchev–Trinajstić information content (AvgIpc) is 3.18. The summed E-state index contributed by atoms with van der Waals surface area (Å²) in [5.74, 6) is 1.04. The first-order valence-corrected chi connectivity index (χ1v) is 12.1. The first-order chi connectivity index (χ1) is 13.5. The van der Waals surface area contributed by atoms with E-state index < -0.39 is 10.0 Å². The van der Waals surface area contributed by atoms with Crippen molar-refractivity contribution in [3.8, 4) is 0 Å². The number of methoxy groups -OCH3 is 1. The minimum atomic E-state index is -3.23. The number of ether oxygens (including phenoxy) is 2. The molecule has 1 saturated carbocycles. The molecule has 1 N–H and O–H groups in total. The first-order valence-electron chi connectivity index (χ1n) is 10.5. The Hall–Kier alpha value is -1.09. The van der Waals surface area contributed by atoms with E-state index in [1.165, 1.54) is 5.69 Å². The van der Waals surface area contributed by atoms with Gasteiger partial charge in [0.25, 0.3) is 0 Å². The molecule has 8 heteroatoms. The number of nitrogens with one attached hydrogen (secondary N) is 1. The molecule has 2 heterocycles. The van der Waals surface area contributed by atoms with Crippen molar-refractivity contribution in [1.82, 2.24) is 8.98 Å². The van der Waals surface area contributed by atoms with Crippen molar-refractivity contribution in [3.63, 3.8) is 0 Å². The van der Waals surface area contributed by atoms with Crippen molar-refractivity contribution in [1.29, 1.82) is 0 Å². The second-order valence-corrected chi connectivity index (χ2v) is 10.0. The second-order valence-electron chi connectivity index (χ2n) is 8.01. The number of hydrogen-bond donors (Lipinski definition) is 1. The van der Waals surface area contributed by atoms with Crippen LogP contribution in [0.5, 0.6) is 0 Å². The molecule has 0 spiro atoms. The molecule has 1 saturated heterocycles. The first kappa shape index (κ1) is 21.6. The van der Waals surface area contributed by atoms with E-state index in [1.54, 1.807) is 11.4 Å². The van der Waals surface area contributed by atoms with Crippen LogP contribution in [0.1, 0.15) is 50.1 Å². The van der Waals surface area contributed by atoms with E-state index in [4.69, 9.17) is 9.47 Å². The van der Waals surface area contributed by atoms with Gasteiger partial charge in [-0.3, -0.25) is 4.68 Å². The van der Waals surface area contributed by atoms with Crippen LogP contribution in [0, 0.1) is 5.92 Å². The lowest BCUT2D eigenvalue weighted by Crippen LogP contribution is -2.45. The van der Waals surface area contributed by atoms with Crippen LogP contribution in [0.4, 0.5) is 0 Å². The molecule has 2 fully saturated rings. The van der Waals surface area contributed by atoms with Crippen LogP contribution in [0.3, 0.4) is 0 Å². The lowest BCUT2D eigenvalue weighted by molar-refractivity contribution is -0.00658. The van der Waals surface area contributed by atoms with Gasteiger partial charge in [-0.2, -0.15) is 4.31 Å². The van der Waals surface area contributed by atoms with Crippen LogP contribution >= 0.6 is 0 Å². The molecule has 0 bridgehead atoms. The Morgan fingerprint density at radius 2 is 1.96 bits per heavy atom. The fraction of sp³-hybridized carbons (Fsp3) is 0.800. The fourth-order valence-corrected chi connectivity index (χ4v) is 6.49. The van der Waals surface area contributed by atoms with E-state index in [0.29, 0.717) is 32.2 Å². The Kier molecular flexibility index (Phi) is 7.79. The summed E-state index contributed by atoms with van der Waals surface area (Å²) in [7, 11) is 0.342. The predicted octanol–water partition coefficient (Wildman–Crippen LogP) is 2.39. The third kappa shape index (κ3) is 5.49. The minimum absolute atomic E-state index is 0.0104. The maximum absolute atomic E-state index is 13.0. The minimum Gasteiger partial charge on any atom is -0.382 e. The summed E-state index contributed by atoms with van der Waals surface area (Å²) in [6.07, 6.45) is 7.86. The Bertz CT molecular complexity index is 698. The van der Waals surface area contributed by atoms with Gasteiger partial charge in [0.1, 0.15) is 0 Å². The van der Waals surface area contributed by atoms with Gasteiger partial charge in [-0.05, 0) is 56.6 Å². The number of sulfonamides is 1. The normalized spacial score (nSPS) is 27.0. The van der Waals surface area contributed by atoms with E-state index in [9.17, 15) is 8.42 Å². The van der Waals surface area contributed by atoms with Gasteiger partial charge in [-0.1, -0.05) is 0 Å². The van der Waals surface area contributed by atoms with Gasteiger partial charge < -0.3 is 14.9 Å². The molecule has 0 radical (unpaired) electrons. The summed E-state index contributed by atoms with van der Waals surface area (Å²) in [6, 6.07) is 4.22. The zero-order valence-electron chi connectivity index (χ0n) is 17.2. The van der Waals surface area contributed by atoms with Gasteiger partial charge in [0.2, 0.25) is 10.0 Å². The number of rotatable bonds is 9. The van der Waals surface area contributed by atoms with Crippen molar-refractivity contribution in [2.24, 2.45) is 5.92 Å². The quantitative estimate of drug-likeness (QED) is 0.630. The van der Waals surface area contributed by atoms with E-state index >= 15 is 0 Å². The molecule has 7 nitrogen and oxygen atoms in total. The van der Waals surface area contributed by atoms with Crippen molar-refractivity contribution < 1.29 is 17.9 Å². The zero-order chi connectivity index (χ0) is 20.0. The molecule has 1 aromatic rings. The summed E-state index contributed by atoms with van der Waals surface area (Å²) < 4.78 is 40.5. The highest BCUT2D eigenvalue weighted by Gasteiger charge is 2.33. The third-order valence-corrected chi connectivity index (χ3v) is 8.12. The van der Waals surface area contributed by atoms with E-state index in [2.05, 4.69) is 22.2 Å². The molecule has 0 amide bonds. The van der Waals surface area contributed by atoms with Crippen molar-refractivity contribution in [2.75, 3.05) is 51.6 Å². The highest BCUT2D eigenvalue weighted by molar-refractivity contribution is 7.89. The van der Waals surface area contributed by atoms with Crippen LogP contribution in [0.15, 0.2) is 18.3 Å². The molecule has 0 aromatic carbocycles. The van der Waals surface area contributed by atoms with Crippen LogP contribution in [-0.4, -0.2) is 69.7 Å². The highest BCUT2D eigenvalue weighted by Crippen LogP contribution is 2.36. The molecular formula is C20H35N3O4S. The van der Waals surface area contributed by atoms with E-state index in [1.807, 2.05) is 13.2 Å². The van der Waals surface area contributed by atoms with Gasteiger partial charge in [-0.25, -0.2) is 8.42 Å². The largest absolute Gasteiger partial charge is 0.382 e. The van der Waals surface area contributed by atoms with Gasteiger partial charge in [0, 0.05) is 45.1 Å². The summed E-state index contributed by atoms with van der Waals surface area (Å²) >= 11 is 0. The maximum atomic E-state index is 13.0.